The predicted octanol–water partition coefficient (Wildman–Crippen LogP) is 3.58. The minimum Gasteiger partial charge on any atom is -0.354 e. The molecule has 1 aromatic heterocycles. The van der Waals surface area contributed by atoms with Gasteiger partial charge in [0.05, 0.1) is 4.92 Å². The van der Waals surface area contributed by atoms with Crippen molar-refractivity contribution in [3.05, 3.63) is 45.6 Å². The molecule has 0 saturated carbocycles. The molecule has 0 aliphatic rings. The van der Waals surface area contributed by atoms with Crippen molar-refractivity contribution in [3.8, 4) is 0 Å². The van der Waals surface area contributed by atoms with Gasteiger partial charge in [-0.1, -0.05) is 17.8 Å². The zero-order valence-electron chi connectivity index (χ0n) is 12.1. The molecule has 0 saturated heterocycles. The highest BCUT2D eigenvalue weighted by molar-refractivity contribution is 7.99. The van der Waals surface area contributed by atoms with Crippen molar-refractivity contribution in [2.24, 2.45) is 0 Å². The van der Waals surface area contributed by atoms with Crippen molar-refractivity contribution in [3.63, 3.8) is 0 Å². The fourth-order valence-corrected chi connectivity index (χ4v) is 2.65. The molecule has 6 nitrogen and oxygen atoms in total. The van der Waals surface area contributed by atoms with E-state index in [2.05, 4.69) is 15.3 Å². The van der Waals surface area contributed by atoms with Gasteiger partial charge >= 0.3 is 5.69 Å². The Bertz CT molecular complexity index is 676. The topological polar surface area (TPSA) is 81.0 Å². The summed E-state index contributed by atoms with van der Waals surface area (Å²) in [4.78, 5) is 19.7. The molecule has 0 bridgehead atoms. The Hall–Kier alpha value is -2.15. The van der Waals surface area contributed by atoms with Gasteiger partial charge in [0.15, 0.2) is 5.03 Å². The molecule has 2 rings (SSSR count). The van der Waals surface area contributed by atoms with E-state index >= 15 is 0 Å². The lowest BCUT2D eigenvalue weighted by atomic mass is 10.1. The number of aryl methyl sites for hydroxylation is 2. The number of nitrogens with one attached hydrogen (secondary N) is 1. The number of rotatable bonds is 5. The lowest BCUT2D eigenvalue weighted by molar-refractivity contribution is -0.388. The van der Waals surface area contributed by atoms with Crippen LogP contribution in [-0.2, 0) is 0 Å². The van der Waals surface area contributed by atoms with Crippen molar-refractivity contribution in [1.29, 1.82) is 0 Å². The Morgan fingerprint density at radius 3 is 2.71 bits per heavy atom. The second kappa shape index (κ2) is 6.53. The van der Waals surface area contributed by atoms with E-state index < -0.39 is 4.92 Å². The van der Waals surface area contributed by atoms with Crippen molar-refractivity contribution < 1.29 is 4.92 Å². The van der Waals surface area contributed by atoms with E-state index in [0.717, 1.165) is 10.5 Å². The second-order valence-electron chi connectivity index (χ2n) is 4.52. The molecule has 0 radical (unpaired) electrons. The Morgan fingerprint density at radius 1 is 1.33 bits per heavy atom. The van der Waals surface area contributed by atoms with Gasteiger partial charge in [0.1, 0.15) is 6.20 Å². The maximum Gasteiger partial charge on any atom is 0.320 e. The van der Waals surface area contributed by atoms with E-state index in [1.807, 2.05) is 39.0 Å². The van der Waals surface area contributed by atoms with Gasteiger partial charge in [-0.2, -0.15) is 4.98 Å². The molecule has 1 heterocycles. The highest BCUT2D eigenvalue weighted by Crippen LogP contribution is 2.34. The summed E-state index contributed by atoms with van der Waals surface area (Å²) < 4.78 is 0. The zero-order chi connectivity index (χ0) is 15.4. The largest absolute Gasteiger partial charge is 0.354 e. The molecule has 0 fully saturated rings. The van der Waals surface area contributed by atoms with Gasteiger partial charge < -0.3 is 5.32 Å². The van der Waals surface area contributed by atoms with Crippen molar-refractivity contribution in [2.45, 2.75) is 30.7 Å². The van der Waals surface area contributed by atoms with Crippen LogP contribution in [0.15, 0.2) is 34.3 Å². The number of nitrogens with zero attached hydrogens (tertiary/aromatic N) is 3. The van der Waals surface area contributed by atoms with E-state index in [1.54, 1.807) is 0 Å². The summed E-state index contributed by atoms with van der Waals surface area (Å²) in [5.41, 5.74) is 2.24. The molecule has 0 amide bonds. The smallest absolute Gasteiger partial charge is 0.320 e. The van der Waals surface area contributed by atoms with Gasteiger partial charge in [-0.05, 0) is 44.0 Å². The number of hydrogen-bond acceptors (Lipinski definition) is 6. The zero-order valence-corrected chi connectivity index (χ0v) is 12.9. The van der Waals surface area contributed by atoms with Crippen LogP contribution >= 0.6 is 11.8 Å². The Kier molecular flexibility index (Phi) is 4.74. The molecule has 0 atom stereocenters. The number of benzene rings is 1. The Morgan fingerprint density at radius 2 is 2.10 bits per heavy atom. The fraction of sp³-hybridized carbons (Fsp3) is 0.286. The van der Waals surface area contributed by atoms with Crippen LogP contribution in [0.25, 0.3) is 0 Å². The monoisotopic (exact) mass is 304 g/mol. The average molecular weight is 304 g/mol. The molecular formula is C14H16N4O2S. The van der Waals surface area contributed by atoms with Crippen LogP contribution in [-0.4, -0.2) is 21.4 Å². The second-order valence-corrected chi connectivity index (χ2v) is 5.58. The highest BCUT2D eigenvalue weighted by atomic mass is 32.2. The van der Waals surface area contributed by atoms with E-state index in [4.69, 9.17) is 0 Å². The molecule has 0 unspecified atom stereocenters. The molecule has 21 heavy (non-hydrogen) atoms. The Labute approximate surface area is 127 Å². The van der Waals surface area contributed by atoms with Crippen LogP contribution in [0.3, 0.4) is 0 Å². The van der Waals surface area contributed by atoms with E-state index in [-0.39, 0.29) is 5.69 Å². The van der Waals surface area contributed by atoms with Crippen molar-refractivity contribution in [1.82, 2.24) is 9.97 Å². The average Bonchev–Trinajstić information content (AvgIpc) is 2.43. The third kappa shape index (κ3) is 3.69. The van der Waals surface area contributed by atoms with Gasteiger partial charge in [-0.3, -0.25) is 10.1 Å². The first-order valence-corrected chi connectivity index (χ1v) is 7.33. The van der Waals surface area contributed by atoms with Crippen LogP contribution < -0.4 is 5.32 Å². The normalized spacial score (nSPS) is 10.4. The van der Waals surface area contributed by atoms with Crippen LogP contribution in [0.2, 0.25) is 0 Å². The summed E-state index contributed by atoms with van der Waals surface area (Å²) in [5, 5.41) is 14.4. The number of nitro groups is 1. The number of anilines is 1. The van der Waals surface area contributed by atoms with Crippen molar-refractivity contribution in [2.75, 3.05) is 11.9 Å². The van der Waals surface area contributed by atoms with Crippen LogP contribution in [0.4, 0.5) is 11.6 Å². The fourth-order valence-electron chi connectivity index (χ4n) is 1.69. The van der Waals surface area contributed by atoms with Crippen LogP contribution in [0, 0.1) is 24.0 Å². The summed E-state index contributed by atoms with van der Waals surface area (Å²) in [6, 6.07) is 5.93. The van der Waals surface area contributed by atoms with E-state index in [1.165, 1.54) is 23.5 Å². The van der Waals surface area contributed by atoms with Crippen LogP contribution in [0.1, 0.15) is 18.1 Å². The summed E-state index contributed by atoms with van der Waals surface area (Å²) in [6.45, 7) is 6.62. The third-order valence-corrected chi connectivity index (χ3v) is 3.94. The number of hydrogen-bond donors (Lipinski definition) is 1. The van der Waals surface area contributed by atoms with Gasteiger partial charge in [0.25, 0.3) is 0 Å². The maximum atomic E-state index is 11.1. The van der Waals surface area contributed by atoms with E-state index in [9.17, 15) is 10.1 Å². The molecule has 0 spiro atoms. The molecule has 2 aromatic rings. The predicted molar refractivity (Wildman–Crippen MR) is 82.9 cm³/mol. The molecule has 7 heteroatoms. The lowest BCUT2D eigenvalue weighted by Gasteiger charge is -2.07. The van der Waals surface area contributed by atoms with Crippen LogP contribution in [0.5, 0.6) is 0 Å². The minimum absolute atomic E-state index is 0.0834. The van der Waals surface area contributed by atoms with Gasteiger partial charge in [0, 0.05) is 11.4 Å². The molecule has 1 aromatic carbocycles. The summed E-state index contributed by atoms with van der Waals surface area (Å²) in [7, 11) is 0. The molecule has 0 aliphatic heterocycles. The lowest BCUT2D eigenvalue weighted by Crippen LogP contribution is -2.04. The first-order valence-electron chi connectivity index (χ1n) is 6.51. The minimum atomic E-state index is -0.459. The summed E-state index contributed by atoms with van der Waals surface area (Å²) in [6.07, 6.45) is 1.24. The first-order chi connectivity index (χ1) is 10.0. The van der Waals surface area contributed by atoms with Crippen molar-refractivity contribution >= 4 is 23.4 Å². The highest BCUT2D eigenvalue weighted by Gasteiger charge is 2.18. The summed E-state index contributed by atoms with van der Waals surface area (Å²) >= 11 is 1.27. The quantitative estimate of drug-likeness (QED) is 0.516. The van der Waals surface area contributed by atoms with Gasteiger partial charge in [0.2, 0.25) is 5.95 Å². The molecule has 1 N–H and O–H groups in total. The third-order valence-electron chi connectivity index (χ3n) is 2.96. The molecule has 110 valence electrons. The maximum absolute atomic E-state index is 11.1. The SMILES string of the molecule is CCNc1ncc([N+](=O)[O-])c(Sc2ccc(C)c(C)c2)n1. The van der Waals surface area contributed by atoms with E-state index in [0.29, 0.717) is 17.5 Å². The molecule has 0 aliphatic carbocycles. The Balaban J connectivity index is 2.37. The van der Waals surface area contributed by atoms with Gasteiger partial charge in [-0.15, -0.1) is 0 Å². The molecular weight excluding hydrogens is 288 g/mol. The standard InChI is InChI=1S/C14H16N4O2S/c1-4-15-14-16-8-12(18(19)20)13(17-14)21-11-6-5-9(2)10(3)7-11/h5-8H,4H2,1-3H3,(H,15,16,17). The number of aromatic nitrogens is 2. The first kappa shape index (κ1) is 15.2. The van der Waals surface area contributed by atoms with Gasteiger partial charge in [-0.25, -0.2) is 4.98 Å². The summed E-state index contributed by atoms with van der Waals surface area (Å²) in [5.74, 6) is 0.398.